The van der Waals surface area contributed by atoms with Gasteiger partial charge in [-0.25, -0.2) is 0 Å². The Kier molecular flexibility index (Phi) is 9.08. The smallest absolute Gasteiger partial charge is 0.146 e. The van der Waals surface area contributed by atoms with Crippen LogP contribution in [0, 0.1) is 0 Å². The van der Waals surface area contributed by atoms with Gasteiger partial charge in [0.05, 0.1) is 0 Å². The minimum Gasteiger partial charge on any atom is -0.507 e. The Morgan fingerprint density at radius 2 is 1.71 bits per heavy atom. The van der Waals surface area contributed by atoms with Gasteiger partial charge in [0, 0.05) is 18.7 Å². The van der Waals surface area contributed by atoms with E-state index >= 15 is 0 Å². The molecule has 0 saturated heterocycles. The zero-order chi connectivity index (χ0) is 25.2. The summed E-state index contributed by atoms with van der Waals surface area (Å²) in [5, 5.41) is 10.7. The standard InChI is InChI=1S/C31H33NO3/c1-6-24-13-15-27(16-14-24)35-23(4)31(32-5)29-18-17-28(20-30(29)33)34-21-25(7-2)19-22(3)26-11-9-8-10-12-26/h7-20,22,33H,2,4,6,21H2,1,3,5H3/b25-19+,32-31+. The molecular weight excluding hydrogens is 434 g/mol. The topological polar surface area (TPSA) is 51.0 Å². The highest BCUT2D eigenvalue weighted by atomic mass is 16.5. The largest absolute Gasteiger partial charge is 0.507 e. The Labute approximate surface area is 208 Å². The van der Waals surface area contributed by atoms with Crippen molar-refractivity contribution in [1.82, 2.24) is 0 Å². The molecule has 0 bridgehead atoms. The van der Waals surface area contributed by atoms with Crippen LogP contribution in [0.2, 0.25) is 0 Å². The van der Waals surface area contributed by atoms with Gasteiger partial charge in [-0.15, -0.1) is 0 Å². The highest BCUT2D eigenvalue weighted by molar-refractivity contribution is 6.12. The summed E-state index contributed by atoms with van der Waals surface area (Å²) in [6.45, 7) is 12.5. The molecule has 4 heteroatoms. The third-order valence-corrected chi connectivity index (χ3v) is 5.74. The number of hydrogen-bond acceptors (Lipinski definition) is 4. The van der Waals surface area contributed by atoms with Gasteiger partial charge in [0.15, 0.2) is 0 Å². The number of hydrogen-bond donors (Lipinski definition) is 1. The predicted molar refractivity (Wildman–Crippen MR) is 145 cm³/mol. The van der Waals surface area contributed by atoms with E-state index in [4.69, 9.17) is 9.47 Å². The molecule has 3 aromatic rings. The van der Waals surface area contributed by atoms with Crippen molar-refractivity contribution in [2.75, 3.05) is 13.7 Å². The normalized spacial score (nSPS) is 12.7. The van der Waals surface area contributed by atoms with Crippen molar-refractivity contribution >= 4 is 5.71 Å². The number of aryl methyl sites for hydroxylation is 1. The number of phenolic OH excluding ortho intramolecular Hbond substituents is 1. The van der Waals surface area contributed by atoms with E-state index in [-0.39, 0.29) is 11.7 Å². The van der Waals surface area contributed by atoms with Gasteiger partial charge in [-0.2, -0.15) is 0 Å². The van der Waals surface area contributed by atoms with Crippen molar-refractivity contribution in [1.29, 1.82) is 0 Å². The first-order valence-corrected chi connectivity index (χ1v) is 11.7. The molecule has 0 radical (unpaired) electrons. The Morgan fingerprint density at radius 3 is 2.31 bits per heavy atom. The highest BCUT2D eigenvalue weighted by Gasteiger charge is 2.15. The van der Waals surface area contributed by atoms with Crippen molar-refractivity contribution in [2.45, 2.75) is 26.2 Å². The lowest BCUT2D eigenvalue weighted by Gasteiger charge is -2.14. The molecule has 180 valence electrons. The molecule has 4 nitrogen and oxygen atoms in total. The van der Waals surface area contributed by atoms with Crippen LogP contribution in [0.3, 0.4) is 0 Å². The monoisotopic (exact) mass is 467 g/mol. The van der Waals surface area contributed by atoms with Crippen LogP contribution in [0.25, 0.3) is 0 Å². The molecule has 1 unspecified atom stereocenters. The van der Waals surface area contributed by atoms with E-state index in [0.717, 1.165) is 12.0 Å². The lowest BCUT2D eigenvalue weighted by Crippen LogP contribution is -2.10. The second kappa shape index (κ2) is 12.4. The first-order chi connectivity index (χ1) is 16.9. The van der Waals surface area contributed by atoms with Crippen LogP contribution in [-0.2, 0) is 6.42 Å². The molecule has 0 fully saturated rings. The van der Waals surface area contributed by atoms with Crippen molar-refractivity contribution in [2.24, 2.45) is 4.99 Å². The summed E-state index contributed by atoms with van der Waals surface area (Å²) >= 11 is 0. The summed E-state index contributed by atoms with van der Waals surface area (Å²) < 4.78 is 11.8. The van der Waals surface area contributed by atoms with E-state index in [1.165, 1.54) is 11.1 Å². The van der Waals surface area contributed by atoms with Crippen LogP contribution in [0.5, 0.6) is 17.2 Å². The van der Waals surface area contributed by atoms with E-state index in [9.17, 15) is 5.11 Å². The van der Waals surface area contributed by atoms with Crippen LogP contribution in [0.4, 0.5) is 0 Å². The maximum atomic E-state index is 10.7. The van der Waals surface area contributed by atoms with Crippen molar-refractivity contribution in [3.63, 3.8) is 0 Å². The number of aromatic hydroxyl groups is 1. The first kappa shape index (κ1) is 25.6. The minimum absolute atomic E-state index is 0.0379. The molecule has 3 aromatic carbocycles. The molecule has 0 aromatic heterocycles. The second-order valence-electron chi connectivity index (χ2n) is 8.21. The lowest BCUT2D eigenvalue weighted by atomic mass is 9.98. The van der Waals surface area contributed by atoms with E-state index in [1.54, 1.807) is 31.3 Å². The summed E-state index contributed by atoms with van der Waals surface area (Å²) in [6.07, 6.45) is 4.89. The molecule has 1 N–H and O–H groups in total. The third-order valence-electron chi connectivity index (χ3n) is 5.74. The lowest BCUT2D eigenvalue weighted by molar-refractivity contribution is 0.352. The van der Waals surface area contributed by atoms with E-state index in [0.29, 0.717) is 35.1 Å². The van der Waals surface area contributed by atoms with Crippen LogP contribution in [-0.4, -0.2) is 24.5 Å². The molecule has 35 heavy (non-hydrogen) atoms. The number of aliphatic imine (C=N–C) groups is 1. The van der Waals surface area contributed by atoms with Gasteiger partial charge < -0.3 is 14.6 Å². The van der Waals surface area contributed by atoms with Crippen LogP contribution < -0.4 is 9.47 Å². The summed E-state index contributed by atoms with van der Waals surface area (Å²) in [4.78, 5) is 4.30. The van der Waals surface area contributed by atoms with Gasteiger partial charge in [-0.3, -0.25) is 4.99 Å². The molecule has 0 amide bonds. The van der Waals surface area contributed by atoms with Gasteiger partial charge in [0.25, 0.3) is 0 Å². The molecule has 0 aliphatic carbocycles. The first-order valence-electron chi connectivity index (χ1n) is 11.7. The minimum atomic E-state index is 0.0379. The number of allylic oxidation sites excluding steroid dienone is 2. The van der Waals surface area contributed by atoms with Gasteiger partial charge >= 0.3 is 0 Å². The number of phenols is 1. The summed E-state index contributed by atoms with van der Waals surface area (Å²) in [5.74, 6) is 1.84. The van der Waals surface area contributed by atoms with Gasteiger partial charge in [0.2, 0.25) is 0 Å². The van der Waals surface area contributed by atoms with E-state index in [2.05, 4.69) is 50.2 Å². The van der Waals surface area contributed by atoms with E-state index in [1.807, 2.05) is 42.5 Å². The molecule has 1 atom stereocenters. The SMILES string of the molecule is C=C/C(=C\C(C)c1ccccc1)COc1ccc(/C(=N/C)C(=C)Oc2ccc(CC)cc2)c(O)c1. The quantitative estimate of drug-likeness (QED) is 0.183. The third kappa shape index (κ3) is 6.97. The Balaban J connectivity index is 1.67. The fourth-order valence-corrected chi connectivity index (χ4v) is 3.70. The van der Waals surface area contributed by atoms with E-state index < -0.39 is 0 Å². The van der Waals surface area contributed by atoms with Crippen LogP contribution in [0.1, 0.15) is 36.5 Å². The summed E-state index contributed by atoms with van der Waals surface area (Å²) in [7, 11) is 1.64. The Bertz CT molecular complexity index is 1210. The summed E-state index contributed by atoms with van der Waals surface area (Å²) in [5.41, 5.74) is 4.41. The maximum Gasteiger partial charge on any atom is 0.146 e. The average molecular weight is 468 g/mol. The van der Waals surface area contributed by atoms with Gasteiger partial charge in [-0.1, -0.05) is 81.6 Å². The second-order valence-corrected chi connectivity index (χ2v) is 8.21. The number of ether oxygens (including phenoxy) is 2. The number of nitrogens with zero attached hydrogens (tertiary/aromatic N) is 1. The van der Waals surface area contributed by atoms with Crippen molar-refractivity contribution in [3.05, 3.63) is 126 Å². The molecule has 0 spiro atoms. The molecule has 0 aliphatic rings. The van der Waals surface area contributed by atoms with Gasteiger partial charge in [0.1, 0.15) is 35.3 Å². The van der Waals surface area contributed by atoms with Crippen LogP contribution >= 0.6 is 0 Å². The zero-order valence-electron chi connectivity index (χ0n) is 20.7. The summed E-state index contributed by atoms with van der Waals surface area (Å²) in [6, 6.07) is 23.2. The molecule has 0 saturated carbocycles. The average Bonchev–Trinajstić information content (AvgIpc) is 2.88. The number of benzene rings is 3. The molecule has 0 aliphatic heterocycles. The zero-order valence-corrected chi connectivity index (χ0v) is 20.7. The highest BCUT2D eigenvalue weighted by Crippen LogP contribution is 2.28. The molecule has 3 rings (SSSR count). The Hall–Kier alpha value is -4.05. The van der Waals surface area contributed by atoms with Crippen molar-refractivity contribution < 1.29 is 14.6 Å². The fourth-order valence-electron chi connectivity index (χ4n) is 3.70. The van der Waals surface area contributed by atoms with Gasteiger partial charge in [-0.05, 0) is 53.3 Å². The van der Waals surface area contributed by atoms with Crippen molar-refractivity contribution in [3.8, 4) is 17.2 Å². The fraction of sp³-hybridized carbons (Fsp3) is 0.194. The molecule has 0 heterocycles. The predicted octanol–water partition coefficient (Wildman–Crippen LogP) is 7.26. The maximum absolute atomic E-state index is 10.7. The molecular formula is C31H33NO3. The Morgan fingerprint density at radius 1 is 1.03 bits per heavy atom. The number of rotatable bonds is 11. The van der Waals surface area contributed by atoms with Crippen LogP contribution in [0.15, 0.2) is 114 Å².